The molecule has 1 saturated carbocycles. The first-order valence-corrected chi connectivity index (χ1v) is 9.47. The molecular weight excluding hydrogens is 389 g/mol. The minimum atomic E-state index is -4.66. The van der Waals surface area contributed by atoms with Gasteiger partial charge in [-0.2, -0.15) is 13.2 Å². The van der Waals surface area contributed by atoms with Crippen LogP contribution in [0.25, 0.3) is 0 Å². The summed E-state index contributed by atoms with van der Waals surface area (Å²) in [6.45, 7) is 1.77. The Balaban J connectivity index is 1.73. The molecule has 1 heterocycles. The topological polar surface area (TPSA) is 69.1 Å². The average Bonchev–Trinajstić information content (AvgIpc) is 3.41. The molecule has 1 fully saturated rings. The molecule has 1 aliphatic carbocycles. The van der Waals surface area contributed by atoms with Crippen LogP contribution in [0.3, 0.4) is 0 Å². The van der Waals surface area contributed by atoms with E-state index in [0.717, 1.165) is 18.9 Å². The van der Waals surface area contributed by atoms with E-state index in [4.69, 9.17) is 5.41 Å². The van der Waals surface area contributed by atoms with E-state index < -0.39 is 11.9 Å². The number of hydrogen-bond acceptors (Lipinski definition) is 5. The van der Waals surface area contributed by atoms with Crippen LogP contribution in [0.15, 0.2) is 41.5 Å². The summed E-state index contributed by atoms with van der Waals surface area (Å²) in [5.74, 6) is -0.154. The molecule has 2 aromatic rings. The SMILES string of the molecule is Cc1ncsc1C(=O)N(C)c1ccc(N/C(=C\C(=N)C(F)(F)F)C2CC2)cc1. The van der Waals surface area contributed by atoms with Gasteiger partial charge >= 0.3 is 6.18 Å². The largest absolute Gasteiger partial charge is 0.432 e. The van der Waals surface area contributed by atoms with E-state index in [-0.39, 0.29) is 11.8 Å². The highest BCUT2D eigenvalue weighted by molar-refractivity contribution is 7.12. The van der Waals surface area contributed by atoms with Gasteiger partial charge in [0.1, 0.15) is 10.6 Å². The molecule has 0 unspecified atom stereocenters. The van der Waals surface area contributed by atoms with Gasteiger partial charge in [0.2, 0.25) is 0 Å². The van der Waals surface area contributed by atoms with Crippen LogP contribution in [-0.4, -0.2) is 29.8 Å². The molecule has 0 spiro atoms. The maximum Gasteiger partial charge on any atom is 0.432 e. The summed E-state index contributed by atoms with van der Waals surface area (Å²) in [6.07, 6.45) is -2.21. The van der Waals surface area contributed by atoms with Crippen LogP contribution >= 0.6 is 11.3 Å². The first-order chi connectivity index (χ1) is 13.2. The zero-order valence-corrected chi connectivity index (χ0v) is 16.1. The molecule has 3 rings (SSSR count). The summed E-state index contributed by atoms with van der Waals surface area (Å²) in [7, 11) is 1.66. The molecule has 148 valence electrons. The summed E-state index contributed by atoms with van der Waals surface area (Å²) in [4.78, 5) is 18.7. The molecule has 0 aliphatic heterocycles. The molecule has 1 aliphatic rings. The maximum absolute atomic E-state index is 12.7. The Bertz CT molecular complexity index is 914. The highest BCUT2D eigenvalue weighted by atomic mass is 32.1. The first kappa shape index (κ1) is 20.1. The highest BCUT2D eigenvalue weighted by Crippen LogP contribution is 2.37. The van der Waals surface area contributed by atoms with Gasteiger partial charge in [-0.3, -0.25) is 10.2 Å². The number of carbonyl (C=O) groups excluding carboxylic acids is 1. The molecular formula is C19H19F3N4OS. The number of nitrogens with zero attached hydrogens (tertiary/aromatic N) is 2. The van der Waals surface area contributed by atoms with Gasteiger partial charge in [-0.05, 0) is 56.0 Å². The lowest BCUT2D eigenvalue weighted by atomic mass is 10.2. The van der Waals surface area contributed by atoms with E-state index in [9.17, 15) is 18.0 Å². The summed E-state index contributed by atoms with van der Waals surface area (Å²) in [5.41, 5.74) is 2.57. The Kier molecular flexibility index (Phi) is 5.55. The molecule has 5 nitrogen and oxygen atoms in total. The standard InChI is InChI=1S/C19H19F3N4OS/c1-11-17(28-10-24-11)18(27)26(2)14-7-5-13(6-8-14)25-15(12-3-4-12)9-16(23)19(20,21)22/h5-10,12,23,25H,3-4H2,1-2H3/b15-9-,23-16?. The predicted molar refractivity (Wildman–Crippen MR) is 104 cm³/mol. The third kappa shape index (κ3) is 4.59. The van der Waals surface area contributed by atoms with Crippen LogP contribution < -0.4 is 10.2 Å². The zero-order valence-electron chi connectivity index (χ0n) is 15.3. The van der Waals surface area contributed by atoms with Gasteiger partial charge in [-0.25, -0.2) is 4.98 Å². The second kappa shape index (κ2) is 7.75. The van der Waals surface area contributed by atoms with Gasteiger partial charge < -0.3 is 10.2 Å². The van der Waals surface area contributed by atoms with Crippen molar-refractivity contribution >= 4 is 34.3 Å². The van der Waals surface area contributed by atoms with Crippen molar-refractivity contribution in [2.24, 2.45) is 5.92 Å². The van der Waals surface area contributed by atoms with Gasteiger partial charge in [-0.1, -0.05) is 0 Å². The van der Waals surface area contributed by atoms with Crippen molar-refractivity contribution < 1.29 is 18.0 Å². The van der Waals surface area contributed by atoms with Crippen molar-refractivity contribution in [2.45, 2.75) is 25.9 Å². The van der Waals surface area contributed by atoms with Crippen LogP contribution in [0.4, 0.5) is 24.5 Å². The number of anilines is 2. The number of carbonyl (C=O) groups is 1. The molecule has 0 radical (unpaired) electrons. The van der Waals surface area contributed by atoms with Crippen LogP contribution in [0.5, 0.6) is 0 Å². The number of allylic oxidation sites excluding steroid dienone is 2. The number of thiazole rings is 1. The van der Waals surface area contributed by atoms with Crippen molar-refractivity contribution in [1.82, 2.24) is 4.98 Å². The Morgan fingerprint density at radius 1 is 1.32 bits per heavy atom. The van der Waals surface area contributed by atoms with Crippen molar-refractivity contribution in [1.29, 1.82) is 5.41 Å². The number of benzene rings is 1. The number of nitrogens with one attached hydrogen (secondary N) is 2. The average molecular weight is 408 g/mol. The van der Waals surface area contributed by atoms with Gasteiger partial charge in [-0.15, -0.1) is 11.3 Å². The summed E-state index contributed by atoms with van der Waals surface area (Å²) in [6, 6.07) is 6.84. The second-order valence-electron chi connectivity index (χ2n) is 6.59. The zero-order chi connectivity index (χ0) is 20.5. The molecule has 0 saturated heterocycles. The fraction of sp³-hybridized carbons (Fsp3) is 0.316. The van der Waals surface area contributed by atoms with Gasteiger partial charge in [0.15, 0.2) is 0 Å². The predicted octanol–water partition coefficient (Wildman–Crippen LogP) is 5.02. The summed E-state index contributed by atoms with van der Waals surface area (Å²) >= 11 is 1.28. The number of aryl methyl sites for hydroxylation is 1. The highest BCUT2D eigenvalue weighted by Gasteiger charge is 2.35. The minimum Gasteiger partial charge on any atom is -0.359 e. The van der Waals surface area contributed by atoms with E-state index in [0.29, 0.717) is 27.6 Å². The molecule has 0 bridgehead atoms. The van der Waals surface area contributed by atoms with Crippen LogP contribution in [0.1, 0.15) is 28.2 Å². The third-order valence-corrected chi connectivity index (χ3v) is 5.33. The maximum atomic E-state index is 12.7. The first-order valence-electron chi connectivity index (χ1n) is 8.59. The Morgan fingerprint density at radius 2 is 1.96 bits per heavy atom. The minimum absolute atomic E-state index is 0.0148. The molecule has 0 atom stereocenters. The van der Waals surface area contributed by atoms with Crippen molar-refractivity contribution in [2.75, 3.05) is 17.3 Å². The number of amides is 1. The van der Waals surface area contributed by atoms with E-state index >= 15 is 0 Å². The van der Waals surface area contributed by atoms with Gasteiger partial charge in [0.25, 0.3) is 5.91 Å². The lowest BCUT2D eigenvalue weighted by Gasteiger charge is -2.18. The third-order valence-electron chi connectivity index (χ3n) is 4.41. The van der Waals surface area contributed by atoms with E-state index in [2.05, 4.69) is 10.3 Å². The van der Waals surface area contributed by atoms with Crippen LogP contribution in [-0.2, 0) is 0 Å². The Hall–Kier alpha value is -2.68. The van der Waals surface area contributed by atoms with Crippen molar-refractivity contribution in [3.8, 4) is 0 Å². The van der Waals surface area contributed by atoms with E-state index in [1.807, 2.05) is 0 Å². The van der Waals surface area contributed by atoms with Crippen molar-refractivity contribution in [3.63, 3.8) is 0 Å². The summed E-state index contributed by atoms with van der Waals surface area (Å²) < 4.78 is 38.0. The van der Waals surface area contributed by atoms with E-state index in [1.54, 1.807) is 43.7 Å². The van der Waals surface area contributed by atoms with Crippen LogP contribution in [0, 0.1) is 18.3 Å². The molecule has 2 N–H and O–H groups in total. The molecule has 1 aromatic carbocycles. The summed E-state index contributed by atoms with van der Waals surface area (Å²) in [5, 5.41) is 10.2. The normalized spacial score (nSPS) is 14.7. The van der Waals surface area contributed by atoms with Gasteiger partial charge in [0.05, 0.1) is 11.2 Å². The smallest absolute Gasteiger partial charge is 0.359 e. The molecule has 1 amide bonds. The second-order valence-corrected chi connectivity index (χ2v) is 7.44. The van der Waals surface area contributed by atoms with E-state index in [1.165, 1.54) is 16.2 Å². The lowest BCUT2D eigenvalue weighted by molar-refractivity contribution is -0.0584. The fourth-order valence-corrected chi connectivity index (χ4v) is 3.38. The monoisotopic (exact) mass is 408 g/mol. The number of hydrogen-bond donors (Lipinski definition) is 2. The molecule has 9 heteroatoms. The van der Waals surface area contributed by atoms with Crippen molar-refractivity contribution in [3.05, 3.63) is 52.1 Å². The molecule has 1 aromatic heterocycles. The number of rotatable bonds is 6. The fourth-order valence-electron chi connectivity index (χ4n) is 2.60. The number of aromatic nitrogens is 1. The lowest BCUT2D eigenvalue weighted by Crippen LogP contribution is -2.26. The Labute approximate surface area is 164 Å². The quantitative estimate of drug-likeness (QED) is 0.660. The Morgan fingerprint density at radius 3 is 2.46 bits per heavy atom. The van der Waals surface area contributed by atoms with Gasteiger partial charge in [0, 0.05) is 24.1 Å². The number of halogens is 3. The van der Waals surface area contributed by atoms with Crippen LogP contribution in [0.2, 0.25) is 0 Å². The molecule has 28 heavy (non-hydrogen) atoms. The number of alkyl halides is 3.